The molecule has 1 aliphatic heterocycles. The molecule has 0 spiro atoms. The first-order chi connectivity index (χ1) is 12.0. The Morgan fingerprint density at radius 2 is 2.12 bits per heavy atom. The predicted octanol–water partition coefficient (Wildman–Crippen LogP) is 3.43. The minimum absolute atomic E-state index is 0. The van der Waals surface area contributed by atoms with Crippen molar-refractivity contribution < 1.29 is 9.53 Å². The fourth-order valence-corrected chi connectivity index (χ4v) is 3.72. The normalized spacial score (nSPS) is 16.0. The monoisotopic (exact) mass is 494 g/mol. The molecule has 0 saturated carbocycles. The standard InChI is InChI=1S/C18H30N4O2S.HI/c1-5-24-17(23)22-10-8-14(9-11-22)21-16(19-4)20-13-18(2,3)15-7-6-12-25-15;/h6-7,12,14H,5,8-11,13H2,1-4H3,(H2,19,20,21);1H. The van der Waals surface area contributed by atoms with Crippen LogP contribution in [0.2, 0.25) is 0 Å². The van der Waals surface area contributed by atoms with Gasteiger partial charge in [0, 0.05) is 43.0 Å². The summed E-state index contributed by atoms with van der Waals surface area (Å²) >= 11 is 1.78. The molecule has 148 valence electrons. The maximum Gasteiger partial charge on any atom is 0.409 e. The van der Waals surface area contributed by atoms with Crippen LogP contribution in [0.4, 0.5) is 4.79 Å². The zero-order valence-electron chi connectivity index (χ0n) is 16.1. The minimum Gasteiger partial charge on any atom is -0.450 e. The molecule has 8 heteroatoms. The number of piperidine rings is 1. The molecule has 2 heterocycles. The lowest BCUT2D eigenvalue weighted by Gasteiger charge is -2.33. The van der Waals surface area contributed by atoms with E-state index in [4.69, 9.17) is 4.74 Å². The van der Waals surface area contributed by atoms with E-state index in [-0.39, 0.29) is 35.5 Å². The predicted molar refractivity (Wildman–Crippen MR) is 119 cm³/mol. The van der Waals surface area contributed by atoms with Crippen molar-refractivity contribution in [2.75, 3.05) is 33.3 Å². The van der Waals surface area contributed by atoms with Gasteiger partial charge in [-0.2, -0.15) is 0 Å². The maximum atomic E-state index is 11.8. The fourth-order valence-electron chi connectivity index (χ4n) is 2.86. The summed E-state index contributed by atoms with van der Waals surface area (Å²) in [6.07, 6.45) is 1.59. The Morgan fingerprint density at radius 3 is 2.65 bits per heavy atom. The Bertz CT molecular complexity index is 570. The quantitative estimate of drug-likeness (QED) is 0.374. The summed E-state index contributed by atoms with van der Waals surface area (Å²) in [4.78, 5) is 19.2. The number of amides is 1. The third kappa shape index (κ3) is 6.61. The van der Waals surface area contributed by atoms with Crippen LogP contribution < -0.4 is 10.6 Å². The van der Waals surface area contributed by atoms with Crippen LogP contribution in [0.1, 0.15) is 38.5 Å². The number of hydrogen-bond acceptors (Lipinski definition) is 4. The second-order valence-corrected chi connectivity index (χ2v) is 7.84. The smallest absolute Gasteiger partial charge is 0.409 e. The van der Waals surface area contributed by atoms with Crippen LogP contribution in [0.25, 0.3) is 0 Å². The molecule has 6 nitrogen and oxygen atoms in total. The van der Waals surface area contributed by atoms with E-state index >= 15 is 0 Å². The van der Waals surface area contributed by atoms with Gasteiger partial charge in [-0.3, -0.25) is 4.99 Å². The van der Waals surface area contributed by atoms with Gasteiger partial charge in [-0.15, -0.1) is 35.3 Å². The number of nitrogens with one attached hydrogen (secondary N) is 2. The highest BCUT2D eigenvalue weighted by molar-refractivity contribution is 14.0. The molecule has 2 N–H and O–H groups in total. The SMILES string of the molecule is CCOC(=O)N1CCC(NC(=NC)NCC(C)(C)c2cccs2)CC1.I. The molecule has 1 fully saturated rings. The van der Waals surface area contributed by atoms with Crippen LogP contribution in [-0.2, 0) is 10.2 Å². The second kappa shape index (κ2) is 11.0. The number of ether oxygens (including phenoxy) is 1. The highest BCUT2D eigenvalue weighted by Gasteiger charge is 2.25. The number of thiophene rings is 1. The van der Waals surface area contributed by atoms with Gasteiger partial charge in [-0.1, -0.05) is 19.9 Å². The summed E-state index contributed by atoms with van der Waals surface area (Å²) in [5.74, 6) is 0.819. The highest BCUT2D eigenvalue weighted by Crippen LogP contribution is 2.26. The van der Waals surface area contributed by atoms with Crippen molar-refractivity contribution in [1.29, 1.82) is 0 Å². The molecule has 1 amide bonds. The van der Waals surface area contributed by atoms with Crippen LogP contribution in [0.15, 0.2) is 22.5 Å². The summed E-state index contributed by atoms with van der Waals surface area (Å²) < 4.78 is 5.06. The molecule has 1 saturated heterocycles. The number of guanidine groups is 1. The maximum absolute atomic E-state index is 11.8. The number of nitrogens with zero attached hydrogens (tertiary/aromatic N) is 2. The van der Waals surface area contributed by atoms with E-state index in [0.29, 0.717) is 25.7 Å². The Balaban J connectivity index is 0.00000338. The third-order valence-corrected chi connectivity index (χ3v) is 5.71. The van der Waals surface area contributed by atoms with E-state index in [9.17, 15) is 4.79 Å². The fraction of sp³-hybridized carbons (Fsp3) is 0.667. The lowest BCUT2D eigenvalue weighted by atomic mass is 9.91. The molecule has 0 radical (unpaired) electrons. The largest absolute Gasteiger partial charge is 0.450 e. The number of rotatable bonds is 5. The van der Waals surface area contributed by atoms with Crippen LogP contribution in [-0.4, -0.2) is 56.3 Å². The summed E-state index contributed by atoms with van der Waals surface area (Å²) in [6.45, 7) is 8.97. The average Bonchev–Trinajstić information content (AvgIpc) is 3.15. The molecular formula is C18H31IN4O2S. The number of hydrogen-bond donors (Lipinski definition) is 2. The van der Waals surface area contributed by atoms with Gasteiger partial charge >= 0.3 is 6.09 Å². The molecular weight excluding hydrogens is 463 g/mol. The number of halogens is 1. The number of carbonyl (C=O) groups excluding carboxylic acids is 1. The van der Waals surface area contributed by atoms with Gasteiger partial charge in [0.05, 0.1) is 6.61 Å². The highest BCUT2D eigenvalue weighted by atomic mass is 127. The van der Waals surface area contributed by atoms with E-state index in [1.165, 1.54) is 4.88 Å². The van der Waals surface area contributed by atoms with Crippen molar-refractivity contribution in [2.45, 2.75) is 45.1 Å². The molecule has 1 aromatic rings. The van der Waals surface area contributed by atoms with Crippen LogP contribution in [0.5, 0.6) is 0 Å². The number of likely N-dealkylation sites (tertiary alicyclic amines) is 1. The Labute approximate surface area is 177 Å². The molecule has 0 unspecified atom stereocenters. The summed E-state index contributed by atoms with van der Waals surface area (Å²) in [5.41, 5.74) is 0.0546. The average molecular weight is 494 g/mol. The summed E-state index contributed by atoms with van der Waals surface area (Å²) in [7, 11) is 1.79. The molecule has 1 aromatic heterocycles. The van der Waals surface area contributed by atoms with Gasteiger partial charge in [0.25, 0.3) is 0 Å². The zero-order valence-corrected chi connectivity index (χ0v) is 19.2. The van der Waals surface area contributed by atoms with E-state index in [1.807, 2.05) is 6.92 Å². The first-order valence-corrected chi connectivity index (χ1v) is 9.77. The van der Waals surface area contributed by atoms with Gasteiger partial charge in [-0.05, 0) is 31.2 Å². The van der Waals surface area contributed by atoms with Gasteiger partial charge < -0.3 is 20.3 Å². The molecule has 2 rings (SSSR count). The molecule has 1 aliphatic rings. The lowest BCUT2D eigenvalue weighted by Crippen LogP contribution is -2.51. The molecule has 0 atom stereocenters. The summed E-state index contributed by atoms with van der Waals surface area (Å²) in [5, 5.41) is 9.03. The Hall–Kier alpha value is -1.03. The van der Waals surface area contributed by atoms with Crippen molar-refractivity contribution in [3.8, 4) is 0 Å². The number of carbonyl (C=O) groups is 1. The Morgan fingerprint density at radius 1 is 1.42 bits per heavy atom. The van der Waals surface area contributed by atoms with Crippen LogP contribution in [0.3, 0.4) is 0 Å². The first kappa shape index (κ1) is 23.0. The van der Waals surface area contributed by atoms with Crippen LogP contribution >= 0.6 is 35.3 Å². The topological polar surface area (TPSA) is 66.0 Å². The zero-order chi connectivity index (χ0) is 18.3. The van der Waals surface area contributed by atoms with Gasteiger partial charge in [0.1, 0.15) is 0 Å². The lowest BCUT2D eigenvalue weighted by molar-refractivity contribution is 0.0963. The number of aliphatic imine (C=N–C) groups is 1. The van der Waals surface area contributed by atoms with E-state index in [0.717, 1.165) is 25.3 Å². The van der Waals surface area contributed by atoms with Crippen molar-refractivity contribution >= 4 is 47.4 Å². The Kier molecular flexibility index (Phi) is 9.70. The van der Waals surface area contributed by atoms with Crippen molar-refractivity contribution in [1.82, 2.24) is 15.5 Å². The van der Waals surface area contributed by atoms with E-state index in [2.05, 4.69) is 47.0 Å². The first-order valence-electron chi connectivity index (χ1n) is 8.89. The van der Waals surface area contributed by atoms with Crippen molar-refractivity contribution in [3.05, 3.63) is 22.4 Å². The van der Waals surface area contributed by atoms with Crippen molar-refractivity contribution in [2.24, 2.45) is 4.99 Å². The molecule has 26 heavy (non-hydrogen) atoms. The minimum atomic E-state index is -0.207. The third-order valence-electron chi connectivity index (χ3n) is 4.47. The van der Waals surface area contributed by atoms with E-state index < -0.39 is 0 Å². The van der Waals surface area contributed by atoms with Crippen LogP contribution in [0, 0.1) is 0 Å². The second-order valence-electron chi connectivity index (χ2n) is 6.89. The van der Waals surface area contributed by atoms with Gasteiger partial charge in [-0.25, -0.2) is 4.79 Å². The molecule has 0 aliphatic carbocycles. The molecule has 0 bridgehead atoms. The molecule has 0 aromatic carbocycles. The van der Waals surface area contributed by atoms with E-state index in [1.54, 1.807) is 23.3 Å². The summed E-state index contributed by atoms with van der Waals surface area (Å²) in [6, 6.07) is 4.58. The van der Waals surface area contributed by atoms with Gasteiger partial charge in [0.2, 0.25) is 0 Å². The van der Waals surface area contributed by atoms with Crippen molar-refractivity contribution in [3.63, 3.8) is 0 Å². The van der Waals surface area contributed by atoms with Gasteiger partial charge in [0.15, 0.2) is 5.96 Å².